The van der Waals surface area contributed by atoms with Gasteiger partial charge >= 0.3 is 6.09 Å². The summed E-state index contributed by atoms with van der Waals surface area (Å²) in [6.07, 6.45) is 5.47. The zero-order valence-corrected chi connectivity index (χ0v) is 14.9. The van der Waals surface area contributed by atoms with Gasteiger partial charge in [-0.25, -0.2) is 14.8 Å². The van der Waals surface area contributed by atoms with Gasteiger partial charge in [0.15, 0.2) is 0 Å². The molecule has 0 spiro atoms. The first-order valence-corrected chi connectivity index (χ1v) is 8.50. The lowest BCUT2D eigenvalue weighted by molar-refractivity contribution is 0.0263. The summed E-state index contributed by atoms with van der Waals surface area (Å²) in [5.41, 5.74) is 1.27. The van der Waals surface area contributed by atoms with Crippen LogP contribution in [0.5, 0.6) is 0 Å². The van der Waals surface area contributed by atoms with Gasteiger partial charge in [0.1, 0.15) is 17.7 Å². The van der Waals surface area contributed by atoms with Crippen LogP contribution >= 0.6 is 0 Å². The molecule has 2 aromatic rings. The number of carbonyl (C=O) groups excluding carboxylic acids is 1. The van der Waals surface area contributed by atoms with E-state index in [1.807, 2.05) is 32.9 Å². The van der Waals surface area contributed by atoms with Gasteiger partial charge in [-0.3, -0.25) is 0 Å². The Morgan fingerprint density at radius 3 is 2.76 bits per heavy atom. The van der Waals surface area contributed by atoms with E-state index in [0.717, 1.165) is 30.0 Å². The molecule has 0 unspecified atom stereocenters. The van der Waals surface area contributed by atoms with E-state index in [1.54, 1.807) is 23.8 Å². The van der Waals surface area contributed by atoms with E-state index < -0.39 is 5.60 Å². The Hall–Kier alpha value is -2.57. The average molecular weight is 344 g/mol. The molecule has 1 aliphatic rings. The number of rotatable bonds is 2. The van der Waals surface area contributed by atoms with Gasteiger partial charge in [-0.2, -0.15) is 0 Å². The normalized spacial score (nSPS) is 15.8. The SMILES string of the molecule is CC(C)(C)OC(=O)N1CCCN(c2cc(-c3ccoc3)ncn2)CC1. The van der Waals surface area contributed by atoms with Gasteiger partial charge in [0, 0.05) is 37.8 Å². The molecule has 0 bridgehead atoms. The predicted molar refractivity (Wildman–Crippen MR) is 94.4 cm³/mol. The summed E-state index contributed by atoms with van der Waals surface area (Å²) in [5.74, 6) is 0.859. The van der Waals surface area contributed by atoms with Crippen molar-refractivity contribution in [2.24, 2.45) is 0 Å². The molecule has 3 rings (SSSR count). The largest absolute Gasteiger partial charge is 0.472 e. The summed E-state index contributed by atoms with van der Waals surface area (Å²) < 4.78 is 10.6. The third kappa shape index (κ3) is 4.49. The number of amides is 1. The van der Waals surface area contributed by atoms with Gasteiger partial charge < -0.3 is 19.0 Å². The van der Waals surface area contributed by atoms with Crippen molar-refractivity contribution in [2.45, 2.75) is 32.8 Å². The first kappa shape index (κ1) is 17.3. The number of nitrogens with zero attached hydrogens (tertiary/aromatic N) is 4. The van der Waals surface area contributed by atoms with E-state index in [4.69, 9.17) is 9.15 Å². The summed E-state index contributed by atoms with van der Waals surface area (Å²) in [4.78, 5) is 24.9. The summed E-state index contributed by atoms with van der Waals surface area (Å²) in [7, 11) is 0. The molecule has 134 valence electrons. The molecule has 0 saturated carbocycles. The molecule has 1 aliphatic heterocycles. The van der Waals surface area contributed by atoms with Crippen molar-refractivity contribution in [3.05, 3.63) is 31.0 Å². The van der Waals surface area contributed by atoms with E-state index in [0.29, 0.717) is 19.6 Å². The number of ether oxygens (including phenoxy) is 1. The number of carbonyl (C=O) groups is 1. The van der Waals surface area contributed by atoms with E-state index in [1.165, 1.54) is 0 Å². The van der Waals surface area contributed by atoms with Crippen LogP contribution in [-0.4, -0.2) is 52.7 Å². The number of hydrogen-bond acceptors (Lipinski definition) is 6. The fourth-order valence-corrected chi connectivity index (χ4v) is 2.74. The first-order chi connectivity index (χ1) is 11.9. The van der Waals surface area contributed by atoms with E-state index in [-0.39, 0.29) is 6.09 Å². The van der Waals surface area contributed by atoms with Crippen molar-refractivity contribution in [3.63, 3.8) is 0 Å². The maximum absolute atomic E-state index is 12.3. The monoisotopic (exact) mass is 344 g/mol. The predicted octanol–water partition coefficient (Wildman–Crippen LogP) is 3.18. The standard InChI is InChI=1S/C18H24N4O3/c1-18(2,3)25-17(23)22-7-4-6-21(8-9-22)16-11-15(19-13-20-16)14-5-10-24-12-14/h5,10-13H,4,6-9H2,1-3H3. The van der Waals surface area contributed by atoms with Crippen LogP contribution in [0.25, 0.3) is 11.3 Å². The minimum atomic E-state index is -0.477. The summed E-state index contributed by atoms with van der Waals surface area (Å²) in [5, 5.41) is 0. The fraction of sp³-hybridized carbons (Fsp3) is 0.500. The van der Waals surface area contributed by atoms with Gasteiger partial charge in [0.2, 0.25) is 0 Å². The van der Waals surface area contributed by atoms with Gasteiger partial charge in [0.05, 0.1) is 18.2 Å². The lowest BCUT2D eigenvalue weighted by Gasteiger charge is -2.26. The Kier molecular flexibility index (Phi) is 4.92. The zero-order chi connectivity index (χ0) is 17.9. The average Bonchev–Trinajstić information content (AvgIpc) is 2.97. The van der Waals surface area contributed by atoms with Crippen LogP contribution in [0.15, 0.2) is 35.4 Å². The molecule has 2 aromatic heterocycles. The molecule has 0 radical (unpaired) electrons. The van der Waals surface area contributed by atoms with Gasteiger partial charge in [0.25, 0.3) is 0 Å². The van der Waals surface area contributed by atoms with Gasteiger partial charge in [-0.1, -0.05) is 0 Å². The quantitative estimate of drug-likeness (QED) is 0.833. The highest BCUT2D eigenvalue weighted by Crippen LogP contribution is 2.22. The molecule has 3 heterocycles. The van der Waals surface area contributed by atoms with E-state index in [9.17, 15) is 4.79 Å². The van der Waals surface area contributed by atoms with Crippen LogP contribution in [0.3, 0.4) is 0 Å². The molecule has 1 saturated heterocycles. The van der Waals surface area contributed by atoms with Crippen molar-refractivity contribution in [2.75, 3.05) is 31.1 Å². The number of furan rings is 1. The Bertz CT molecular complexity index is 709. The molecule has 1 amide bonds. The zero-order valence-electron chi connectivity index (χ0n) is 14.9. The molecular weight excluding hydrogens is 320 g/mol. The second kappa shape index (κ2) is 7.13. The van der Waals surface area contributed by atoms with Crippen molar-refractivity contribution >= 4 is 11.9 Å². The number of hydrogen-bond donors (Lipinski definition) is 0. The highest BCUT2D eigenvalue weighted by molar-refractivity contribution is 5.68. The Balaban J connectivity index is 1.67. The molecule has 1 fully saturated rings. The van der Waals surface area contributed by atoms with Crippen LogP contribution in [0, 0.1) is 0 Å². The minimum Gasteiger partial charge on any atom is -0.472 e. The van der Waals surface area contributed by atoms with Crippen LogP contribution in [0.4, 0.5) is 10.6 Å². The molecule has 25 heavy (non-hydrogen) atoms. The lowest BCUT2D eigenvalue weighted by atomic mass is 10.2. The first-order valence-electron chi connectivity index (χ1n) is 8.50. The van der Waals surface area contributed by atoms with E-state index in [2.05, 4.69) is 14.9 Å². The minimum absolute atomic E-state index is 0.254. The summed E-state index contributed by atoms with van der Waals surface area (Å²) >= 11 is 0. The number of anilines is 1. The molecule has 0 aliphatic carbocycles. The smallest absolute Gasteiger partial charge is 0.410 e. The van der Waals surface area contributed by atoms with Crippen LogP contribution in [0.2, 0.25) is 0 Å². The highest BCUT2D eigenvalue weighted by atomic mass is 16.6. The molecule has 0 atom stereocenters. The fourth-order valence-electron chi connectivity index (χ4n) is 2.74. The maximum atomic E-state index is 12.3. The molecule has 0 N–H and O–H groups in total. The third-order valence-electron chi connectivity index (χ3n) is 3.94. The molecule has 0 aromatic carbocycles. The van der Waals surface area contributed by atoms with Crippen LogP contribution < -0.4 is 4.90 Å². The van der Waals surface area contributed by atoms with Crippen LogP contribution in [0.1, 0.15) is 27.2 Å². The topological polar surface area (TPSA) is 71.7 Å². The van der Waals surface area contributed by atoms with Crippen molar-refractivity contribution < 1.29 is 13.9 Å². The Labute approximate surface area is 147 Å². The Morgan fingerprint density at radius 1 is 1.20 bits per heavy atom. The molecule has 7 nitrogen and oxygen atoms in total. The highest BCUT2D eigenvalue weighted by Gasteiger charge is 2.25. The van der Waals surface area contributed by atoms with Gasteiger partial charge in [-0.15, -0.1) is 0 Å². The van der Waals surface area contributed by atoms with Crippen molar-refractivity contribution in [1.29, 1.82) is 0 Å². The lowest BCUT2D eigenvalue weighted by Crippen LogP contribution is -2.39. The molecule has 7 heteroatoms. The Morgan fingerprint density at radius 2 is 2.04 bits per heavy atom. The number of aromatic nitrogens is 2. The van der Waals surface area contributed by atoms with Crippen LogP contribution in [-0.2, 0) is 4.74 Å². The third-order valence-corrected chi connectivity index (χ3v) is 3.94. The van der Waals surface area contributed by atoms with Gasteiger partial charge in [-0.05, 0) is 33.3 Å². The van der Waals surface area contributed by atoms with E-state index >= 15 is 0 Å². The summed E-state index contributed by atoms with van der Waals surface area (Å²) in [6, 6.07) is 3.83. The van der Waals surface area contributed by atoms with Crippen molar-refractivity contribution in [3.8, 4) is 11.3 Å². The molecular formula is C18H24N4O3. The van der Waals surface area contributed by atoms with Crippen molar-refractivity contribution in [1.82, 2.24) is 14.9 Å². The summed E-state index contributed by atoms with van der Waals surface area (Å²) in [6.45, 7) is 8.49. The maximum Gasteiger partial charge on any atom is 0.410 e. The second-order valence-electron chi connectivity index (χ2n) is 7.08. The second-order valence-corrected chi connectivity index (χ2v) is 7.08.